The average molecular weight is 478 g/mol. The molecule has 0 aliphatic carbocycles. The van der Waals surface area contributed by atoms with Gasteiger partial charge in [-0.15, -0.1) is 0 Å². The van der Waals surface area contributed by atoms with Crippen LogP contribution in [-0.2, 0) is 29.2 Å². The zero-order chi connectivity index (χ0) is 24.4. The van der Waals surface area contributed by atoms with E-state index in [1.165, 1.54) is 19.3 Å². The van der Waals surface area contributed by atoms with Gasteiger partial charge >= 0.3 is 11.9 Å². The van der Waals surface area contributed by atoms with E-state index < -0.39 is 33.7 Å². The minimum Gasteiger partial charge on any atom is -0.747 e. The lowest BCUT2D eigenvalue weighted by Crippen LogP contribution is -2.34. The molecular formula is C24H45O7S-. The topological polar surface area (TPSA) is 110 Å². The van der Waals surface area contributed by atoms with Crippen LogP contribution < -0.4 is 0 Å². The first kappa shape index (κ1) is 30.9. The van der Waals surface area contributed by atoms with Gasteiger partial charge in [0.15, 0.2) is 5.25 Å². The van der Waals surface area contributed by atoms with Crippen LogP contribution >= 0.6 is 0 Å². The van der Waals surface area contributed by atoms with E-state index in [9.17, 15) is 22.6 Å². The van der Waals surface area contributed by atoms with Crippen molar-refractivity contribution >= 4 is 22.1 Å². The third kappa shape index (κ3) is 18.4. The minimum absolute atomic E-state index is 0.0426. The highest BCUT2D eigenvalue weighted by Crippen LogP contribution is 2.13. The van der Waals surface area contributed by atoms with E-state index in [0.29, 0.717) is 24.7 Å². The molecular weight excluding hydrogens is 432 g/mol. The largest absolute Gasteiger partial charge is 0.747 e. The smallest absolute Gasteiger partial charge is 0.323 e. The number of hydrogen-bond donors (Lipinski definition) is 0. The molecule has 0 radical (unpaired) electrons. The Morgan fingerprint density at radius 2 is 1.09 bits per heavy atom. The molecule has 190 valence electrons. The predicted octanol–water partition coefficient (Wildman–Crippen LogP) is 5.37. The number of ether oxygens (including phenoxy) is 2. The zero-order valence-corrected chi connectivity index (χ0v) is 21.4. The Morgan fingerprint density at radius 3 is 1.53 bits per heavy atom. The van der Waals surface area contributed by atoms with Crippen molar-refractivity contribution in [2.75, 3.05) is 13.2 Å². The highest BCUT2D eigenvalue weighted by Gasteiger charge is 2.30. The average Bonchev–Trinajstić information content (AvgIpc) is 2.68. The van der Waals surface area contributed by atoms with Crippen molar-refractivity contribution in [2.45, 2.75) is 116 Å². The van der Waals surface area contributed by atoms with Crippen molar-refractivity contribution in [1.82, 2.24) is 0 Å². The number of esters is 2. The molecule has 1 unspecified atom stereocenters. The van der Waals surface area contributed by atoms with Crippen LogP contribution in [0.25, 0.3) is 0 Å². The standard InChI is InChI=1S/C24H46O7S/c1-20(2)15-11-7-5-9-13-17-30-23(25)19-22(32(27,28)29)24(26)31-18-14-10-6-8-12-16-21(3)4/h20-22H,5-19H2,1-4H3,(H,27,28,29)/p-1. The van der Waals surface area contributed by atoms with Gasteiger partial charge in [-0.2, -0.15) is 0 Å². The minimum atomic E-state index is -5.00. The first-order valence-electron chi connectivity index (χ1n) is 12.3. The highest BCUT2D eigenvalue weighted by molar-refractivity contribution is 7.87. The third-order valence-corrected chi connectivity index (χ3v) is 6.38. The van der Waals surface area contributed by atoms with Gasteiger partial charge < -0.3 is 14.0 Å². The summed E-state index contributed by atoms with van der Waals surface area (Å²) in [7, 11) is -5.00. The summed E-state index contributed by atoms with van der Waals surface area (Å²) in [6.07, 6.45) is 11.3. The molecule has 8 heteroatoms. The molecule has 0 N–H and O–H groups in total. The van der Waals surface area contributed by atoms with E-state index in [4.69, 9.17) is 9.47 Å². The Labute approximate surface area is 195 Å². The number of rotatable bonds is 20. The number of carbonyl (C=O) groups excluding carboxylic acids is 2. The van der Waals surface area contributed by atoms with Crippen molar-refractivity contribution in [3.63, 3.8) is 0 Å². The van der Waals surface area contributed by atoms with E-state index in [1.54, 1.807) is 0 Å². The molecule has 0 saturated carbocycles. The molecule has 0 aliphatic rings. The lowest BCUT2D eigenvalue weighted by atomic mass is 10.0. The van der Waals surface area contributed by atoms with Crippen LogP contribution in [0.1, 0.15) is 111 Å². The summed E-state index contributed by atoms with van der Waals surface area (Å²) in [6.45, 7) is 8.96. The summed E-state index contributed by atoms with van der Waals surface area (Å²) < 4.78 is 44.2. The zero-order valence-electron chi connectivity index (χ0n) is 20.6. The lowest BCUT2D eigenvalue weighted by Gasteiger charge is -2.18. The van der Waals surface area contributed by atoms with E-state index in [2.05, 4.69) is 27.7 Å². The molecule has 0 heterocycles. The van der Waals surface area contributed by atoms with E-state index in [1.807, 2.05) is 0 Å². The summed E-state index contributed by atoms with van der Waals surface area (Å²) in [5.41, 5.74) is 0. The summed E-state index contributed by atoms with van der Waals surface area (Å²) in [5.74, 6) is -0.640. The van der Waals surface area contributed by atoms with E-state index >= 15 is 0 Å². The molecule has 0 bridgehead atoms. The molecule has 0 saturated heterocycles. The number of unbranched alkanes of at least 4 members (excludes halogenated alkanes) is 8. The molecule has 7 nitrogen and oxygen atoms in total. The molecule has 0 spiro atoms. The second-order valence-corrected chi connectivity index (χ2v) is 11.0. The van der Waals surface area contributed by atoms with Gasteiger partial charge in [0.25, 0.3) is 0 Å². The van der Waals surface area contributed by atoms with Crippen LogP contribution in [0.3, 0.4) is 0 Å². The first-order valence-corrected chi connectivity index (χ1v) is 13.8. The molecule has 0 rings (SSSR count). The van der Waals surface area contributed by atoms with Crippen LogP contribution in [0.4, 0.5) is 0 Å². The van der Waals surface area contributed by atoms with Crippen molar-refractivity contribution in [3.05, 3.63) is 0 Å². The third-order valence-electron chi connectivity index (χ3n) is 5.32. The van der Waals surface area contributed by atoms with Gasteiger partial charge in [0.1, 0.15) is 10.1 Å². The normalized spacial score (nSPS) is 12.8. The fourth-order valence-electron chi connectivity index (χ4n) is 3.34. The van der Waals surface area contributed by atoms with Crippen molar-refractivity contribution < 1.29 is 32.0 Å². The molecule has 0 aromatic rings. The molecule has 0 aromatic heterocycles. The van der Waals surface area contributed by atoms with E-state index in [-0.39, 0.29) is 13.2 Å². The van der Waals surface area contributed by atoms with Gasteiger partial charge in [0, 0.05) is 0 Å². The highest BCUT2D eigenvalue weighted by atomic mass is 32.2. The Hall–Kier alpha value is -1.15. The van der Waals surface area contributed by atoms with Crippen LogP contribution in [0.15, 0.2) is 0 Å². The van der Waals surface area contributed by atoms with Gasteiger partial charge in [-0.25, -0.2) is 8.42 Å². The Balaban J connectivity index is 4.07. The monoisotopic (exact) mass is 477 g/mol. The second kappa shape index (κ2) is 18.3. The SMILES string of the molecule is CC(C)CCCCCCCOC(=O)CC(C(=O)OCCCCCCCC(C)C)S(=O)(=O)[O-]. The van der Waals surface area contributed by atoms with Crippen LogP contribution in [0, 0.1) is 11.8 Å². The Morgan fingerprint density at radius 1 is 0.688 bits per heavy atom. The van der Waals surface area contributed by atoms with Gasteiger partial charge in [0.2, 0.25) is 0 Å². The first-order chi connectivity index (χ1) is 15.0. The molecule has 32 heavy (non-hydrogen) atoms. The van der Waals surface area contributed by atoms with Crippen LogP contribution in [-0.4, -0.2) is 43.4 Å². The van der Waals surface area contributed by atoms with E-state index in [0.717, 1.165) is 44.9 Å². The molecule has 0 amide bonds. The van der Waals surface area contributed by atoms with Crippen molar-refractivity contribution in [1.29, 1.82) is 0 Å². The predicted molar refractivity (Wildman–Crippen MR) is 125 cm³/mol. The van der Waals surface area contributed by atoms with Gasteiger partial charge in [0.05, 0.1) is 19.6 Å². The maximum atomic E-state index is 12.1. The van der Waals surface area contributed by atoms with Crippen molar-refractivity contribution in [3.8, 4) is 0 Å². The number of carbonyl (C=O) groups is 2. The van der Waals surface area contributed by atoms with Gasteiger partial charge in [-0.05, 0) is 24.7 Å². The van der Waals surface area contributed by atoms with Crippen LogP contribution in [0.2, 0.25) is 0 Å². The fraction of sp³-hybridized carbons (Fsp3) is 0.917. The molecule has 0 aliphatic heterocycles. The number of hydrogen-bond acceptors (Lipinski definition) is 7. The van der Waals surface area contributed by atoms with Crippen molar-refractivity contribution in [2.24, 2.45) is 11.8 Å². The molecule has 0 aromatic carbocycles. The summed E-state index contributed by atoms with van der Waals surface area (Å²) >= 11 is 0. The van der Waals surface area contributed by atoms with Gasteiger partial charge in [-0.3, -0.25) is 9.59 Å². The maximum absolute atomic E-state index is 12.1. The summed E-state index contributed by atoms with van der Waals surface area (Å²) in [5, 5.41) is -2.04. The van der Waals surface area contributed by atoms with Gasteiger partial charge in [-0.1, -0.05) is 91.9 Å². The Kier molecular flexibility index (Phi) is 17.6. The fourth-order valence-corrected chi connectivity index (χ4v) is 3.98. The lowest BCUT2D eigenvalue weighted by molar-refractivity contribution is -0.150. The summed E-state index contributed by atoms with van der Waals surface area (Å²) in [6, 6.07) is 0. The summed E-state index contributed by atoms with van der Waals surface area (Å²) in [4.78, 5) is 24.0. The van der Waals surface area contributed by atoms with Crippen LogP contribution in [0.5, 0.6) is 0 Å². The Bertz CT molecular complexity index is 599. The quantitative estimate of drug-likeness (QED) is 0.132. The molecule has 0 fully saturated rings. The second-order valence-electron chi connectivity index (χ2n) is 9.47. The maximum Gasteiger partial charge on any atom is 0.323 e. The molecule has 1 atom stereocenters.